The van der Waals surface area contributed by atoms with Crippen molar-refractivity contribution in [3.63, 3.8) is 0 Å². The summed E-state index contributed by atoms with van der Waals surface area (Å²) in [6.07, 6.45) is 0.128. The van der Waals surface area contributed by atoms with Crippen molar-refractivity contribution in [2.75, 3.05) is 19.0 Å². The Morgan fingerprint density at radius 3 is 2.64 bits per heavy atom. The number of nitrogens with zero attached hydrogens (tertiary/aromatic N) is 2. The molecule has 1 amide bonds. The zero-order valence-electron chi connectivity index (χ0n) is 18.6. The van der Waals surface area contributed by atoms with Crippen LogP contribution in [-0.2, 0) is 17.6 Å². The van der Waals surface area contributed by atoms with E-state index in [1.165, 1.54) is 23.9 Å². The molecule has 0 aliphatic carbocycles. The van der Waals surface area contributed by atoms with Crippen LogP contribution in [0, 0.1) is 5.82 Å². The molecular formula is C24H24FN3O4S. The van der Waals surface area contributed by atoms with Gasteiger partial charge < -0.3 is 19.4 Å². The minimum Gasteiger partial charge on any atom is -0.493 e. The average Bonchev–Trinajstić information content (AvgIpc) is 2.81. The topological polar surface area (TPSA) is 82.5 Å². The van der Waals surface area contributed by atoms with Crippen molar-refractivity contribution in [1.82, 2.24) is 9.55 Å². The highest BCUT2D eigenvalue weighted by atomic mass is 32.2. The summed E-state index contributed by atoms with van der Waals surface area (Å²) in [5.41, 5.74) is 1.73. The maximum absolute atomic E-state index is 13.2. The van der Waals surface area contributed by atoms with Gasteiger partial charge in [0.15, 0.2) is 16.7 Å². The number of thioether (sulfide) groups is 1. The highest BCUT2D eigenvalue weighted by Crippen LogP contribution is 2.39. The van der Waals surface area contributed by atoms with Crippen LogP contribution in [0.1, 0.15) is 36.0 Å². The molecule has 172 valence electrons. The van der Waals surface area contributed by atoms with Crippen molar-refractivity contribution < 1.29 is 18.7 Å². The van der Waals surface area contributed by atoms with Crippen LogP contribution in [0.3, 0.4) is 0 Å². The van der Waals surface area contributed by atoms with Gasteiger partial charge in [0.25, 0.3) is 5.56 Å². The van der Waals surface area contributed by atoms with E-state index in [4.69, 9.17) is 9.47 Å². The van der Waals surface area contributed by atoms with Crippen molar-refractivity contribution in [3.8, 4) is 11.5 Å². The van der Waals surface area contributed by atoms with Crippen molar-refractivity contribution in [2.24, 2.45) is 7.05 Å². The number of aromatic nitrogens is 2. The second-order valence-electron chi connectivity index (χ2n) is 7.58. The van der Waals surface area contributed by atoms with Crippen LogP contribution in [0.25, 0.3) is 0 Å². The number of methoxy groups -OCH3 is 1. The Hall–Kier alpha value is -3.33. The molecule has 0 bridgehead atoms. The summed E-state index contributed by atoms with van der Waals surface area (Å²) in [6, 6.07) is 11.6. The van der Waals surface area contributed by atoms with Crippen molar-refractivity contribution in [3.05, 3.63) is 75.3 Å². The molecule has 9 heteroatoms. The van der Waals surface area contributed by atoms with E-state index >= 15 is 0 Å². The predicted octanol–water partition coefficient (Wildman–Crippen LogP) is 4.09. The number of hydrogen-bond donors (Lipinski definition) is 1. The lowest BCUT2D eigenvalue weighted by Crippen LogP contribution is -2.33. The van der Waals surface area contributed by atoms with Crippen LogP contribution < -0.4 is 20.3 Å². The van der Waals surface area contributed by atoms with E-state index in [2.05, 4.69) is 10.3 Å². The highest BCUT2D eigenvalue weighted by Gasteiger charge is 2.32. The van der Waals surface area contributed by atoms with E-state index in [0.29, 0.717) is 40.4 Å². The molecule has 0 saturated heterocycles. The summed E-state index contributed by atoms with van der Waals surface area (Å²) in [5.74, 6) is 1.14. The first-order valence-corrected chi connectivity index (χ1v) is 11.5. The summed E-state index contributed by atoms with van der Waals surface area (Å²) in [4.78, 5) is 30.0. The molecule has 7 nitrogen and oxygen atoms in total. The number of anilines is 1. The number of amides is 1. The Balaban J connectivity index is 1.70. The van der Waals surface area contributed by atoms with E-state index in [1.54, 1.807) is 43.0 Å². The lowest BCUT2D eigenvalue weighted by Gasteiger charge is -2.28. The number of halogens is 1. The Labute approximate surface area is 194 Å². The molecule has 1 aliphatic rings. The van der Waals surface area contributed by atoms with E-state index in [0.717, 1.165) is 11.1 Å². The van der Waals surface area contributed by atoms with Crippen LogP contribution in [0.15, 0.2) is 52.4 Å². The van der Waals surface area contributed by atoms with Gasteiger partial charge in [-0.3, -0.25) is 9.59 Å². The first kappa shape index (κ1) is 22.8. The van der Waals surface area contributed by atoms with E-state index in [1.807, 2.05) is 13.0 Å². The third kappa shape index (κ3) is 4.73. The highest BCUT2D eigenvalue weighted by molar-refractivity contribution is 7.98. The van der Waals surface area contributed by atoms with Crippen LogP contribution in [0.2, 0.25) is 0 Å². The molecule has 1 N–H and O–H groups in total. The van der Waals surface area contributed by atoms with Crippen molar-refractivity contribution >= 4 is 23.5 Å². The molecule has 33 heavy (non-hydrogen) atoms. The molecule has 0 saturated carbocycles. The fourth-order valence-electron chi connectivity index (χ4n) is 3.85. The summed E-state index contributed by atoms with van der Waals surface area (Å²) in [5, 5.41) is 3.31. The van der Waals surface area contributed by atoms with Crippen LogP contribution in [-0.4, -0.2) is 29.2 Å². The minimum atomic E-state index is -0.458. The number of nitrogens with one attached hydrogen (secondary N) is 1. The number of carbonyl (C=O) groups excluding carboxylic acids is 1. The van der Waals surface area contributed by atoms with Gasteiger partial charge in [-0.2, -0.15) is 4.98 Å². The second-order valence-corrected chi connectivity index (χ2v) is 8.53. The van der Waals surface area contributed by atoms with Crippen molar-refractivity contribution in [2.45, 2.75) is 30.2 Å². The van der Waals surface area contributed by atoms with Crippen LogP contribution in [0.4, 0.5) is 10.2 Å². The quantitative estimate of drug-likeness (QED) is 0.415. The van der Waals surface area contributed by atoms with Gasteiger partial charge in [0.2, 0.25) is 5.91 Å². The van der Waals surface area contributed by atoms with Gasteiger partial charge in [0.1, 0.15) is 11.6 Å². The summed E-state index contributed by atoms with van der Waals surface area (Å²) >= 11 is 1.35. The molecule has 0 spiro atoms. The van der Waals surface area contributed by atoms with Gasteiger partial charge in [-0.15, -0.1) is 0 Å². The van der Waals surface area contributed by atoms with Gasteiger partial charge in [-0.25, -0.2) is 4.39 Å². The summed E-state index contributed by atoms with van der Waals surface area (Å²) in [6.45, 7) is 2.38. The van der Waals surface area contributed by atoms with Gasteiger partial charge in [0, 0.05) is 25.1 Å². The molecule has 1 aromatic heterocycles. The average molecular weight is 470 g/mol. The largest absolute Gasteiger partial charge is 0.493 e. The predicted molar refractivity (Wildman–Crippen MR) is 125 cm³/mol. The monoisotopic (exact) mass is 469 g/mol. The molecule has 4 rings (SSSR count). The molecule has 0 fully saturated rings. The number of hydrogen-bond acceptors (Lipinski definition) is 6. The molecular weight excluding hydrogens is 445 g/mol. The number of benzene rings is 2. The molecule has 0 radical (unpaired) electrons. The van der Waals surface area contributed by atoms with Crippen molar-refractivity contribution in [1.29, 1.82) is 0 Å². The summed E-state index contributed by atoms with van der Waals surface area (Å²) in [7, 11) is 3.31. The molecule has 3 aromatic rings. The van der Waals surface area contributed by atoms with Gasteiger partial charge in [-0.05, 0) is 42.3 Å². The Morgan fingerprint density at radius 2 is 1.94 bits per heavy atom. The Kier molecular flexibility index (Phi) is 6.69. The fraction of sp³-hybridized carbons (Fsp3) is 0.292. The van der Waals surface area contributed by atoms with E-state index < -0.39 is 5.92 Å². The standard InChI is InChI=1S/C24H24FN3O4S/c1-4-32-18-10-7-15(11-19(18)31-3)17-12-20(29)26-22-21(17)23(30)27-24(28(22)2)33-13-14-5-8-16(25)9-6-14/h5-11,17H,4,12-13H2,1-3H3,(H,26,29). The first-order valence-electron chi connectivity index (χ1n) is 10.5. The normalized spacial score (nSPS) is 15.0. The molecule has 1 unspecified atom stereocenters. The Bertz CT molecular complexity index is 1240. The smallest absolute Gasteiger partial charge is 0.279 e. The lowest BCUT2D eigenvalue weighted by molar-refractivity contribution is -0.116. The molecule has 2 heterocycles. The first-order chi connectivity index (χ1) is 15.9. The van der Waals surface area contributed by atoms with E-state index in [-0.39, 0.29) is 23.7 Å². The Morgan fingerprint density at radius 1 is 1.18 bits per heavy atom. The SMILES string of the molecule is CCOc1ccc(C2CC(=O)Nc3c2c(=O)nc(SCc2ccc(F)cc2)n3C)cc1OC. The van der Waals surface area contributed by atoms with Crippen LogP contribution >= 0.6 is 11.8 Å². The summed E-state index contributed by atoms with van der Waals surface area (Å²) < 4.78 is 25.9. The van der Waals surface area contributed by atoms with E-state index in [9.17, 15) is 14.0 Å². The molecule has 1 aliphatic heterocycles. The maximum atomic E-state index is 13.2. The number of ether oxygens (including phenoxy) is 2. The third-order valence-corrected chi connectivity index (χ3v) is 6.57. The molecule has 2 aromatic carbocycles. The van der Waals surface area contributed by atoms with Gasteiger partial charge in [-0.1, -0.05) is 30.0 Å². The van der Waals surface area contributed by atoms with Gasteiger partial charge in [0.05, 0.1) is 19.3 Å². The number of rotatable bonds is 7. The van der Waals surface area contributed by atoms with Crippen LogP contribution in [0.5, 0.6) is 11.5 Å². The zero-order chi connectivity index (χ0) is 23.5. The number of fused-ring (bicyclic) bond motifs is 1. The maximum Gasteiger partial charge on any atom is 0.279 e. The second kappa shape index (κ2) is 9.66. The van der Waals surface area contributed by atoms with Gasteiger partial charge >= 0.3 is 0 Å². The molecule has 1 atom stereocenters. The zero-order valence-corrected chi connectivity index (χ0v) is 19.4. The minimum absolute atomic E-state index is 0.128. The number of carbonyl (C=O) groups is 1. The fourth-order valence-corrected chi connectivity index (χ4v) is 4.77. The lowest BCUT2D eigenvalue weighted by atomic mass is 9.86. The third-order valence-electron chi connectivity index (χ3n) is 5.47.